The zero-order valence-corrected chi connectivity index (χ0v) is 19.3. The van der Waals surface area contributed by atoms with Gasteiger partial charge in [-0.05, 0) is 48.4 Å². The second-order valence-corrected chi connectivity index (χ2v) is 7.54. The van der Waals surface area contributed by atoms with Crippen LogP contribution in [0.25, 0.3) is 11.4 Å². The van der Waals surface area contributed by atoms with Crippen molar-refractivity contribution >= 4 is 23.3 Å². The van der Waals surface area contributed by atoms with Gasteiger partial charge in [0.25, 0.3) is 0 Å². The third-order valence-corrected chi connectivity index (χ3v) is 4.96. The van der Waals surface area contributed by atoms with Crippen molar-refractivity contribution in [3.8, 4) is 17.1 Å². The molecule has 0 saturated heterocycles. The molecule has 2 N–H and O–H groups in total. The van der Waals surface area contributed by atoms with Gasteiger partial charge in [-0.2, -0.15) is 0 Å². The molecule has 7 nitrogen and oxygen atoms in total. The summed E-state index contributed by atoms with van der Waals surface area (Å²) in [5.74, 6) is 1.38. The van der Waals surface area contributed by atoms with Gasteiger partial charge in [-0.1, -0.05) is 37.3 Å². The molecule has 1 aromatic carbocycles. The Bertz CT molecular complexity index is 1170. The lowest BCUT2D eigenvalue weighted by Crippen LogP contribution is -2.28. The maximum absolute atomic E-state index is 12.4. The van der Waals surface area contributed by atoms with Crippen molar-refractivity contribution < 1.29 is 9.53 Å². The van der Waals surface area contributed by atoms with Crippen LogP contribution in [0.5, 0.6) is 5.75 Å². The Morgan fingerprint density at radius 1 is 1.24 bits per heavy atom. The van der Waals surface area contributed by atoms with Gasteiger partial charge in [0.2, 0.25) is 0 Å². The molecule has 0 aliphatic rings. The molecule has 0 fully saturated rings. The zero-order chi connectivity index (χ0) is 23.6. The topological polar surface area (TPSA) is 81.1 Å². The Labute approximate surface area is 198 Å². The maximum Gasteiger partial charge on any atom is 0.323 e. The summed E-state index contributed by atoms with van der Waals surface area (Å²) in [7, 11) is 1.53. The van der Waals surface area contributed by atoms with Crippen LogP contribution in [0.15, 0.2) is 91.2 Å². The van der Waals surface area contributed by atoms with Crippen LogP contribution >= 0.6 is 11.6 Å². The Morgan fingerprint density at radius 2 is 2.03 bits per heavy atom. The normalized spacial score (nSPS) is 11.4. The van der Waals surface area contributed by atoms with Gasteiger partial charge in [0.05, 0.1) is 12.8 Å². The van der Waals surface area contributed by atoms with Crippen LogP contribution in [0.3, 0.4) is 0 Å². The number of methoxy groups -OCH3 is 1. The molecule has 0 aliphatic carbocycles. The predicted molar refractivity (Wildman–Crippen MR) is 132 cm³/mol. The molecule has 2 aromatic heterocycles. The number of urea groups is 1. The summed E-state index contributed by atoms with van der Waals surface area (Å²) in [5.41, 5.74) is 3.12. The van der Waals surface area contributed by atoms with E-state index in [1.165, 1.54) is 7.11 Å². The highest BCUT2D eigenvalue weighted by molar-refractivity contribution is 6.31. The summed E-state index contributed by atoms with van der Waals surface area (Å²) < 4.78 is 7.28. The van der Waals surface area contributed by atoms with E-state index in [2.05, 4.69) is 27.2 Å². The number of nitrogens with zero attached hydrogens (tertiary/aromatic N) is 3. The molecular formula is C25H26ClN5O2. The lowest BCUT2D eigenvalue weighted by molar-refractivity contribution is 0.254. The van der Waals surface area contributed by atoms with E-state index in [-0.39, 0.29) is 6.03 Å². The van der Waals surface area contributed by atoms with Gasteiger partial charge in [-0.15, -0.1) is 0 Å². The van der Waals surface area contributed by atoms with Crippen LogP contribution in [-0.2, 0) is 6.54 Å². The number of ether oxygens (including phenoxy) is 1. The summed E-state index contributed by atoms with van der Waals surface area (Å²) in [6.07, 6.45) is 13.4. The molecule has 2 amide bonds. The summed E-state index contributed by atoms with van der Waals surface area (Å²) in [4.78, 5) is 20.9. The van der Waals surface area contributed by atoms with Crippen molar-refractivity contribution in [2.45, 2.75) is 19.9 Å². The Morgan fingerprint density at radius 3 is 2.76 bits per heavy atom. The molecule has 0 bridgehead atoms. The second kappa shape index (κ2) is 11.7. The number of benzene rings is 1. The van der Waals surface area contributed by atoms with E-state index < -0.39 is 0 Å². The first-order valence-electron chi connectivity index (χ1n) is 10.4. The fourth-order valence-corrected chi connectivity index (χ4v) is 3.27. The van der Waals surface area contributed by atoms with E-state index in [0.717, 1.165) is 22.7 Å². The first-order valence-corrected chi connectivity index (χ1v) is 10.8. The number of amides is 2. The minimum atomic E-state index is -0.378. The number of carbonyl (C=O) groups excluding carboxylic acids is 1. The molecule has 0 unspecified atom stereocenters. The number of aromatic nitrogens is 3. The maximum atomic E-state index is 12.4. The number of hydrogen-bond donors (Lipinski definition) is 2. The number of halogens is 1. The van der Waals surface area contributed by atoms with Crippen molar-refractivity contribution in [2.24, 2.45) is 0 Å². The highest BCUT2D eigenvalue weighted by Gasteiger charge is 2.09. The average Bonchev–Trinajstić information content (AvgIpc) is 3.27. The molecule has 0 atom stereocenters. The SMILES string of the molecule is C=C(/C=C\C=C(/CC)NC(=O)Nc1cc(Cl)ccc1OC)Cn1ccnc1-c1ccncc1. The van der Waals surface area contributed by atoms with Crippen LogP contribution in [0.4, 0.5) is 10.5 Å². The molecular weight excluding hydrogens is 438 g/mol. The van der Waals surface area contributed by atoms with Crippen molar-refractivity contribution in [3.63, 3.8) is 0 Å². The fraction of sp³-hybridized carbons (Fsp3) is 0.160. The zero-order valence-electron chi connectivity index (χ0n) is 18.6. The van der Waals surface area contributed by atoms with Gasteiger partial charge in [-0.3, -0.25) is 4.98 Å². The van der Waals surface area contributed by atoms with Gasteiger partial charge in [0.15, 0.2) is 0 Å². The van der Waals surface area contributed by atoms with Crippen LogP contribution in [0.2, 0.25) is 5.02 Å². The monoisotopic (exact) mass is 463 g/mol. The van der Waals surface area contributed by atoms with E-state index in [1.54, 1.807) is 36.8 Å². The molecule has 3 rings (SSSR count). The first-order chi connectivity index (χ1) is 16.0. The molecule has 2 heterocycles. The van der Waals surface area contributed by atoms with Gasteiger partial charge in [-0.25, -0.2) is 9.78 Å². The van der Waals surface area contributed by atoms with Gasteiger partial charge in [0.1, 0.15) is 11.6 Å². The molecule has 0 radical (unpaired) electrons. The number of pyridine rings is 1. The van der Waals surface area contributed by atoms with Gasteiger partial charge in [0, 0.05) is 47.6 Å². The van der Waals surface area contributed by atoms with E-state index in [1.807, 2.05) is 48.0 Å². The molecule has 8 heteroatoms. The Kier molecular flexibility index (Phi) is 8.43. The van der Waals surface area contributed by atoms with E-state index in [0.29, 0.717) is 29.4 Å². The molecule has 170 valence electrons. The lowest BCUT2D eigenvalue weighted by atomic mass is 10.2. The third kappa shape index (κ3) is 6.82. The van der Waals surface area contributed by atoms with Crippen LogP contribution in [-0.4, -0.2) is 27.7 Å². The smallest absolute Gasteiger partial charge is 0.323 e. The molecule has 3 aromatic rings. The van der Waals surface area contributed by atoms with E-state index >= 15 is 0 Å². The predicted octanol–water partition coefficient (Wildman–Crippen LogP) is 5.84. The van der Waals surface area contributed by atoms with Gasteiger partial charge >= 0.3 is 6.03 Å². The van der Waals surface area contributed by atoms with Crippen molar-refractivity contribution in [3.05, 3.63) is 96.2 Å². The number of carbonyl (C=O) groups is 1. The largest absolute Gasteiger partial charge is 0.495 e. The summed E-state index contributed by atoms with van der Waals surface area (Å²) in [5, 5.41) is 6.11. The molecule has 0 aliphatic heterocycles. The number of hydrogen-bond acceptors (Lipinski definition) is 4. The standard InChI is InChI=1S/C25H26ClN5O2/c1-4-21(29-25(32)30-22-16-20(26)8-9-23(22)33-3)7-5-6-18(2)17-31-15-14-28-24(31)19-10-12-27-13-11-19/h5-16H,2,4,17H2,1,3H3,(H2,29,30,32)/b6-5-,21-7+. The van der Waals surface area contributed by atoms with Gasteiger partial charge < -0.3 is 19.9 Å². The second-order valence-electron chi connectivity index (χ2n) is 7.10. The highest BCUT2D eigenvalue weighted by Crippen LogP contribution is 2.27. The van der Waals surface area contributed by atoms with Crippen LogP contribution in [0.1, 0.15) is 13.3 Å². The Balaban J connectivity index is 1.59. The van der Waals surface area contributed by atoms with E-state index in [9.17, 15) is 4.79 Å². The number of imidazole rings is 1. The third-order valence-electron chi connectivity index (χ3n) is 4.72. The number of allylic oxidation sites excluding steroid dienone is 5. The van der Waals surface area contributed by atoms with Crippen molar-refractivity contribution in [1.29, 1.82) is 0 Å². The highest BCUT2D eigenvalue weighted by atomic mass is 35.5. The number of anilines is 1. The number of rotatable bonds is 9. The van der Waals surface area contributed by atoms with Crippen LogP contribution < -0.4 is 15.4 Å². The molecule has 0 saturated carbocycles. The molecule has 0 spiro atoms. The Hall–Kier alpha value is -3.84. The van der Waals surface area contributed by atoms with Crippen LogP contribution in [0, 0.1) is 0 Å². The lowest BCUT2D eigenvalue weighted by Gasteiger charge is -2.12. The van der Waals surface area contributed by atoms with E-state index in [4.69, 9.17) is 16.3 Å². The van der Waals surface area contributed by atoms with Crippen molar-refractivity contribution in [2.75, 3.05) is 12.4 Å². The van der Waals surface area contributed by atoms with Crippen molar-refractivity contribution in [1.82, 2.24) is 19.9 Å². The minimum absolute atomic E-state index is 0.378. The number of nitrogens with one attached hydrogen (secondary N) is 2. The summed E-state index contributed by atoms with van der Waals surface area (Å²) in [6.45, 7) is 6.68. The molecule has 33 heavy (non-hydrogen) atoms. The quantitative estimate of drug-likeness (QED) is 0.391. The summed E-state index contributed by atoms with van der Waals surface area (Å²) in [6, 6.07) is 8.49. The average molecular weight is 464 g/mol. The minimum Gasteiger partial charge on any atom is -0.495 e. The first kappa shape index (κ1) is 23.8. The fourth-order valence-electron chi connectivity index (χ4n) is 3.10. The summed E-state index contributed by atoms with van der Waals surface area (Å²) >= 11 is 6.02.